The standard InChI is InChI=1S/C15H20O2S/c1-11-6-8-15(9-7-11,14(16)17)18-13-5-3-4-12(2)10-13/h3-5,10-11H,6-9H2,1-2H3,(H,16,17). The molecule has 1 aromatic carbocycles. The third kappa shape index (κ3) is 2.89. The monoisotopic (exact) mass is 264 g/mol. The average molecular weight is 264 g/mol. The molecule has 0 unspecified atom stereocenters. The molecular weight excluding hydrogens is 244 g/mol. The fraction of sp³-hybridized carbons (Fsp3) is 0.533. The van der Waals surface area contributed by atoms with Crippen LogP contribution in [0.3, 0.4) is 0 Å². The van der Waals surface area contributed by atoms with Gasteiger partial charge in [0.1, 0.15) is 4.75 Å². The molecule has 18 heavy (non-hydrogen) atoms. The minimum Gasteiger partial charge on any atom is -0.480 e. The van der Waals surface area contributed by atoms with Crippen LogP contribution in [0.2, 0.25) is 0 Å². The Balaban J connectivity index is 2.19. The second-order valence-corrected chi connectivity index (χ2v) is 6.86. The van der Waals surface area contributed by atoms with Crippen molar-refractivity contribution in [2.45, 2.75) is 49.2 Å². The number of carboxylic acids is 1. The van der Waals surface area contributed by atoms with Gasteiger partial charge in [-0.25, -0.2) is 0 Å². The van der Waals surface area contributed by atoms with Crippen LogP contribution >= 0.6 is 11.8 Å². The van der Waals surface area contributed by atoms with Crippen LogP contribution in [0.4, 0.5) is 0 Å². The first-order chi connectivity index (χ1) is 8.52. The van der Waals surface area contributed by atoms with Crippen LogP contribution in [0.15, 0.2) is 29.2 Å². The number of aliphatic carboxylic acids is 1. The van der Waals surface area contributed by atoms with Crippen LogP contribution in [0.1, 0.15) is 38.2 Å². The van der Waals surface area contributed by atoms with Crippen LogP contribution in [0.25, 0.3) is 0 Å². The number of thioether (sulfide) groups is 1. The van der Waals surface area contributed by atoms with E-state index in [1.807, 2.05) is 25.1 Å². The van der Waals surface area contributed by atoms with E-state index in [2.05, 4.69) is 13.0 Å². The maximum absolute atomic E-state index is 11.7. The molecule has 3 heteroatoms. The number of hydrogen-bond acceptors (Lipinski definition) is 2. The molecule has 98 valence electrons. The number of aryl methyl sites for hydroxylation is 1. The van der Waals surface area contributed by atoms with Gasteiger partial charge < -0.3 is 5.11 Å². The lowest BCUT2D eigenvalue weighted by Gasteiger charge is -2.35. The van der Waals surface area contributed by atoms with E-state index < -0.39 is 10.7 Å². The third-order valence-corrected chi connectivity index (χ3v) is 5.24. The van der Waals surface area contributed by atoms with Gasteiger partial charge in [0.05, 0.1) is 0 Å². The molecule has 0 radical (unpaired) electrons. The van der Waals surface area contributed by atoms with Crippen LogP contribution < -0.4 is 0 Å². The van der Waals surface area contributed by atoms with Gasteiger partial charge in [-0.3, -0.25) is 4.79 Å². The fourth-order valence-corrected chi connectivity index (χ4v) is 3.86. The van der Waals surface area contributed by atoms with Crippen LogP contribution in [0.5, 0.6) is 0 Å². The van der Waals surface area contributed by atoms with Gasteiger partial charge in [0.25, 0.3) is 0 Å². The van der Waals surface area contributed by atoms with Crippen LogP contribution in [0, 0.1) is 12.8 Å². The first-order valence-corrected chi connectivity index (χ1v) is 7.32. The van der Waals surface area contributed by atoms with Crippen molar-refractivity contribution in [1.29, 1.82) is 0 Å². The zero-order valence-corrected chi connectivity index (χ0v) is 11.8. The summed E-state index contributed by atoms with van der Waals surface area (Å²) < 4.78 is -0.611. The van der Waals surface area contributed by atoms with E-state index in [9.17, 15) is 9.90 Å². The van der Waals surface area contributed by atoms with Crippen molar-refractivity contribution in [1.82, 2.24) is 0 Å². The highest BCUT2D eigenvalue weighted by molar-refractivity contribution is 8.01. The SMILES string of the molecule is Cc1cccc(SC2(C(=O)O)CCC(C)CC2)c1. The van der Waals surface area contributed by atoms with E-state index in [1.54, 1.807) is 0 Å². The lowest BCUT2D eigenvalue weighted by Crippen LogP contribution is -2.38. The second-order valence-electron chi connectivity index (χ2n) is 5.40. The zero-order valence-electron chi connectivity index (χ0n) is 11.0. The van der Waals surface area contributed by atoms with Crippen molar-refractivity contribution in [2.24, 2.45) is 5.92 Å². The van der Waals surface area contributed by atoms with Gasteiger partial charge in [-0.1, -0.05) is 24.6 Å². The van der Waals surface area contributed by atoms with E-state index in [0.29, 0.717) is 5.92 Å². The van der Waals surface area contributed by atoms with E-state index in [1.165, 1.54) is 17.3 Å². The Morgan fingerprint density at radius 1 is 1.39 bits per heavy atom. The van der Waals surface area contributed by atoms with Crippen molar-refractivity contribution in [3.63, 3.8) is 0 Å². The minimum absolute atomic E-state index is 0.611. The molecular formula is C15H20O2S. The number of benzene rings is 1. The van der Waals surface area contributed by atoms with Gasteiger partial charge in [0, 0.05) is 4.90 Å². The predicted octanol–water partition coefficient (Wildman–Crippen LogP) is 4.12. The molecule has 0 saturated heterocycles. The van der Waals surface area contributed by atoms with Gasteiger partial charge in [0.15, 0.2) is 0 Å². The molecule has 1 aromatic rings. The van der Waals surface area contributed by atoms with Crippen molar-refractivity contribution in [2.75, 3.05) is 0 Å². The molecule has 0 aromatic heterocycles. The lowest BCUT2D eigenvalue weighted by molar-refractivity contribution is -0.141. The Morgan fingerprint density at radius 2 is 2.06 bits per heavy atom. The molecule has 0 amide bonds. The Labute approximate surface area is 113 Å². The maximum atomic E-state index is 11.7. The predicted molar refractivity (Wildman–Crippen MR) is 75.0 cm³/mol. The number of rotatable bonds is 3. The molecule has 0 heterocycles. The Morgan fingerprint density at radius 3 is 2.61 bits per heavy atom. The van der Waals surface area contributed by atoms with Crippen molar-refractivity contribution < 1.29 is 9.90 Å². The quantitative estimate of drug-likeness (QED) is 0.892. The Hall–Kier alpha value is -0.960. The van der Waals surface area contributed by atoms with Gasteiger partial charge in [-0.05, 0) is 50.7 Å². The van der Waals surface area contributed by atoms with Gasteiger partial charge in [0.2, 0.25) is 0 Å². The highest BCUT2D eigenvalue weighted by Crippen LogP contribution is 2.45. The summed E-state index contributed by atoms with van der Waals surface area (Å²) in [6, 6.07) is 8.13. The van der Waals surface area contributed by atoms with E-state index in [0.717, 1.165) is 30.6 Å². The molecule has 1 N–H and O–H groups in total. The number of carbonyl (C=O) groups is 1. The first-order valence-electron chi connectivity index (χ1n) is 6.51. The normalized spacial score (nSPS) is 28.0. The molecule has 2 rings (SSSR count). The van der Waals surface area contributed by atoms with Gasteiger partial charge in [-0.2, -0.15) is 0 Å². The van der Waals surface area contributed by atoms with E-state index >= 15 is 0 Å². The zero-order chi connectivity index (χ0) is 13.2. The van der Waals surface area contributed by atoms with E-state index in [-0.39, 0.29) is 0 Å². The van der Waals surface area contributed by atoms with Crippen molar-refractivity contribution in [3.8, 4) is 0 Å². The van der Waals surface area contributed by atoms with Gasteiger partial charge >= 0.3 is 5.97 Å². The summed E-state index contributed by atoms with van der Waals surface area (Å²) in [6.07, 6.45) is 3.60. The number of carboxylic acid groups (broad SMARTS) is 1. The Bertz CT molecular complexity index is 434. The molecule has 1 aliphatic rings. The third-order valence-electron chi connectivity index (χ3n) is 3.77. The molecule has 1 fully saturated rings. The molecule has 0 spiro atoms. The Kier molecular flexibility index (Phi) is 4.00. The van der Waals surface area contributed by atoms with E-state index in [4.69, 9.17) is 0 Å². The molecule has 0 aliphatic heterocycles. The smallest absolute Gasteiger partial charge is 0.320 e. The second kappa shape index (κ2) is 5.35. The summed E-state index contributed by atoms with van der Waals surface area (Å²) in [4.78, 5) is 12.7. The highest BCUT2D eigenvalue weighted by atomic mass is 32.2. The first kappa shape index (κ1) is 13.5. The largest absolute Gasteiger partial charge is 0.480 e. The topological polar surface area (TPSA) is 37.3 Å². The average Bonchev–Trinajstić information content (AvgIpc) is 2.32. The van der Waals surface area contributed by atoms with Crippen molar-refractivity contribution in [3.05, 3.63) is 29.8 Å². The molecule has 2 nitrogen and oxygen atoms in total. The van der Waals surface area contributed by atoms with Crippen LogP contribution in [-0.4, -0.2) is 15.8 Å². The summed E-state index contributed by atoms with van der Waals surface area (Å²) in [7, 11) is 0. The molecule has 0 atom stereocenters. The highest BCUT2D eigenvalue weighted by Gasteiger charge is 2.42. The van der Waals surface area contributed by atoms with Crippen LogP contribution in [-0.2, 0) is 4.79 Å². The summed E-state index contributed by atoms with van der Waals surface area (Å²) in [5, 5.41) is 9.58. The summed E-state index contributed by atoms with van der Waals surface area (Å²) in [5.74, 6) is 0.0106. The molecule has 1 saturated carbocycles. The summed E-state index contributed by atoms with van der Waals surface area (Å²) in [5.41, 5.74) is 1.18. The van der Waals surface area contributed by atoms with Gasteiger partial charge in [-0.15, -0.1) is 11.8 Å². The minimum atomic E-state index is -0.652. The summed E-state index contributed by atoms with van der Waals surface area (Å²) >= 11 is 1.54. The lowest BCUT2D eigenvalue weighted by atomic mass is 9.82. The molecule has 0 bridgehead atoms. The van der Waals surface area contributed by atoms with Crippen molar-refractivity contribution >= 4 is 17.7 Å². The maximum Gasteiger partial charge on any atom is 0.320 e. The number of hydrogen-bond donors (Lipinski definition) is 1. The summed E-state index contributed by atoms with van der Waals surface area (Å²) in [6.45, 7) is 4.25. The molecule has 1 aliphatic carbocycles. The fourth-order valence-electron chi connectivity index (χ4n) is 2.49.